The summed E-state index contributed by atoms with van der Waals surface area (Å²) < 4.78 is 110. The van der Waals surface area contributed by atoms with E-state index in [1.54, 1.807) is 0 Å². The highest BCUT2D eigenvalue weighted by Crippen LogP contribution is 2.76. The first-order valence-corrected chi connectivity index (χ1v) is 47.4. The molecule has 41 nitrogen and oxygen atoms in total. The van der Waals surface area contributed by atoms with E-state index in [1.807, 2.05) is 0 Å². The van der Waals surface area contributed by atoms with Crippen LogP contribution in [0, 0.1) is 50.2 Å². The number of aliphatic hydroxyl groups is 20. The first kappa shape index (κ1) is 108. The van der Waals surface area contributed by atoms with Crippen molar-refractivity contribution in [2.24, 2.45) is 50.2 Å². The van der Waals surface area contributed by atoms with Crippen molar-refractivity contribution in [3.8, 4) is 0 Å². The van der Waals surface area contributed by atoms with Gasteiger partial charge in [0.25, 0.3) is 0 Å². The summed E-state index contributed by atoms with van der Waals surface area (Å²) in [6, 6.07) is 0. The molecule has 0 aromatic carbocycles. The van der Waals surface area contributed by atoms with Crippen LogP contribution in [0.25, 0.3) is 0 Å². The van der Waals surface area contributed by atoms with Crippen LogP contribution in [0.2, 0.25) is 0 Å². The van der Waals surface area contributed by atoms with Crippen molar-refractivity contribution in [3.05, 3.63) is 60.3 Å². The van der Waals surface area contributed by atoms with Gasteiger partial charge in [0.2, 0.25) is 6.29 Å². The van der Waals surface area contributed by atoms with Gasteiger partial charge in [0.1, 0.15) is 146 Å². The second-order valence-electron chi connectivity index (χ2n) is 42.5. The number of rotatable bonds is 30. The van der Waals surface area contributed by atoms with Crippen molar-refractivity contribution < 1.29 is 202 Å². The summed E-state index contributed by atoms with van der Waals surface area (Å²) in [5.41, 5.74) is -4.99. The lowest BCUT2D eigenvalue weighted by molar-refractivity contribution is -0.378. The summed E-state index contributed by atoms with van der Waals surface area (Å²) in [6.45, 7) is 28.3. The van der Waals surface area contributed by atoms with Gasteiger partial charge in [-0.3, -0.25) is 4.79 Å². The molecule has 13 rings (SSSR count). The van der Waals surface area contributed by atoms with E-state index in [4.69, 9.17) is 85.3 Å². The first-order valence-electron chi connectivity index (χ1n) is 47.4. The third-order valence-electron chi connectivity index (χ3n) is 32.3. The Morgan fingerprint density at radius 2 is 0.911 bits per heavy atom. The molecule has 8 heterocycles. The molecule has 0 radical (unpaired) electrons. The summed E-state index contributed by atoms with van der Waals surface area (Å²) in [5.74, 6) is -3.13. The van der Waals surface area contributed by atoms with Gasteiger partial charge < -0.3 is 187 Å². The minimum Gasteiger partial charge on any atom is -0.452 e. The molecule has 5 aliphatic carbocycles. The molecule has 135 heavy (non-hydrogen) atoms. The van der Waals surface area contributed by atoms with Gasteiger partial charge in [0.05, 0.1) is 74.6 Å². The number of carbonyl (C=O) groups is 3. The van der Waals surface area contributed by atoms with Gasteiger partial charge >= 0.3 is 17.9 Å². The zero-order valence-corrected chi connectivity index (χ0v) is 79.1. The number of carbonyl (C=O) groups excluding carboxylic acids is 3. The SMILES string of the molecule is C=C[C@](C)(O)CC/C=C(/C)C(=O)O[C@@H]1[C@@H](OC[C@@H]2O[C@H](OC(=O)[C@]34CCC(C)(C)C[C@H]3C3=CC[C@@H]5[C@@]6(C)CC[C@H](O[C@@H]7O[C@H](CO[C@@H]8OC[C@H](O)[C@H](O)[C@H]8O[C@@H]8OC[C@@H](O)[C@H](O)[C@H]8O)[C@@H](O)[C@H](O)[C@H]7O)C(C)(C)[C@@H]6CC[C@@]5(C)[C@]3(C)CC4)[C@@H](O)[C@H](O)[C@H]2O[C@@H]2O[C@H](C)[C@@H](O[C@@H]3OC[C@@H](O)[C@H](O[C@@H]4OC[C@@H](O)[C@H](O)[C@H]4O)[C@H]3O)[C@H](O)[C@@H]2O)O[C@H](C)[C@@H](O)[C@@H]1OC(=O)/C(C)=C\CC[C@@](C)(O)C=C. The van der Waals surface area contributed by atoms with Crippen molar-refractivity contribution in [1.82, 2.24) is 0 Å². The maximum Gasteiger partial charge on any atom is 0.333 e. The van der Waals surface area contributed by atoms with Crippen molar-refractivity contribution in [3.63, 3.8) is 0 Å². The third kappa shape index (κ3) is 21.9. The standard InChI is InChI=1S/C94H148O41/c1-16-89(11,116)26-18-20-41(3)76(113)129-73-56(99)43(5)124-85(75(73)130-77(114)42(4)21-19-27-90(12,117)17-2)123-40-52-72(133-81-67(110)62(105)70(44(6)125-81)131-80-69(112)71(50(98)38-120-80)132-78-64(107)57(100)47(95)35-118-78)63(106)68(111)83(127-52)135-86(115)94-32-30-87(7,8)34-46(94)45-22-23-54-91(13)28-25-55(88(9,10)53(91)24-29-93(54,15)92(45,14)31-33-94)128-82-66(109)61(104)60(103)51(126-82)39-122-84-74(59(102)49(97)37-121-84)134-79-65(108)58(101)48(96)36-119-79/h16-17,20-22,43-44,46-75,78-85,95-112,116-117H,1-2,18-19,23-40H2,3-15H3/b41-20-,42-21-/t43-,44-,46+,47-,48-,49+,50-,51-,52+,53+,54-,55+,56-,57+,58+,59+,60-,61+,62-,63+,64-,65-,66-,67+,68+,69-,70-,71+,72+,73+,74-,75+,78+,79+,80+,81+,82+,83-,84+,85+,89+,90+,91+,92-,93-,94+/m1/s1. The Morgan fingerprint density at radius 1 is 0.437 bits per heavy atom. The Bertz CT molecular complexity index is 4130. The van der Waals surface area contributed by atoms with Crippen LogP contribution >= 0.6 is 0 Å². The highest BCUT2D eigenvalue weighted by molar-refractivity contribution is 5.89. The molecule has 8 aliphatic heterocycles. The molecule has 0 aromatic heterocycles. The lowest BCUT2D eigenvalue weighted by Crippen LogP contribution is -2.67. The maximum atomic E-state index is 16.2. The molecule has 41 heteroatoms. The van der Waals surface area contributed by atoms with Gasteiger partial charge in [-0.1, -0.05) is 84.4 Å². The van der Waals surface area contributed by atoms with E-state index in [2.05, 4.69) is 67.7 Å². The molecule has 0 spiro atoms. The molecule has 8 saturated heterocycles. The zero-order chi connectivity index (χ0) is 99.0. The van der Waals surface area contributed by atoms with Crippen molar-refractivity contribution in [2.75, 3.05) is 39.6 Å². The molecular formula is C94H148O41. The lowest BCUT2D eigenvalue weighted by atomic mass is 9.33. The molecule has 0 aromatic rings. The molecule has 0 bridgehead atoms. The highest BCUT2D eigenvalue weighted by Gasteiger charge is 2.71. The first-order chi connectivity index (χ1) is 63.2. The minimum atomic E-state index is -2.19. The molecule has 20 N–H and O–H groups in total. The Morgan fingerprint density at radius 3 is 1.51 bits per heavy atom. The Labute approximate surface area is 785 Å². The monoisotopic (exact) mass is 1930 g/mol. The molecule has 770 valence electrons. The smallest absolute Gasteiger partial charge is 0.333 e. The molecule has 0 amide bonds. The number of esters is 3. The predicted molar refractivity (Wildman–Crippen MR) is 462 cm³/mol. The molecule has 13 aliphatic rings. The quantitative estimate of drug-likeness (QED) is 0.0125. The fourth-order valence-electron chi connectivity index (χ4n) is 23.2. The van der Waals surface area contributed by atoms with Crippen LogP contribution < -0.4 is 0 Å². The number of fused-ring (bicyclic) bond motifs is 7. The Hall–Kier alpha value is -4.29. The van der Waals surface area contributed by atoms with Gasteiger partial charge in [0, 0.05) is 11.1 Å². The van der Waals surface area contributed by atoms with E-state index in [-0.39, 0.29) is 59.5 Å². The summed E-state index contributed by atoms with van der Waals surface area (Å²) in [5, 5.41) is 224. The van der Waals surface area contributed by atoms with Crippen molar-refractivity contribution in [2.45, 2.75) is 418 Å². The number of hydrogen-bond donors (Lipinski definition) is 20. The van der Waals surface area contributed by atoms with Crippen molar-refractivity contribution >= 4 is 17.9 Å². The number of allylic oxidation sites excluding steroid dienone is 4. The Balaban J connectivity index is 0.746. The van der Waals surface area contributed by atoms with Crippen LogP contribution in [0.1, 0.15) is 180 Å². The van der Waals surface area contributed by atoms with Gasteiger partial charge in [-0.15, -0.1) is 13.2 Å². The second-order valence-corrected chi connectivity index (χ2v) is 42.5. The summed E-state index contributed by atoms with van der Waals surface area (Å²) >= 11 is 0. The van der Waals surface area contributed by atoms with Crippen LogP contribution in [0.15, 0.2) is 60.3 Å². The van der Waals surface area contributed by atoms with Crippen LogP contribution in [0.5, 0.6) is 0 Å². The fraction of sp³-hybridized carbons (Fsp3) is 0.862. The van der Waals surface area contributed by atoms with E-state index in [1.165, 1.54) is 65.8 Å². The third-order valence-corrected chi connectivity index (χ3v) is 32.3. The lowest BCUT2D eigenvalue weighted by Gasteiger charge is -2.71. The zero-order valence-electron chi connectivity index (χ0n) is 79.1. The Kier molecular flexibility index (Phi) is 34.0. The van der Waals surface area contributed by atoms with Gasteiger partial charge in [-0.05, 0) is 176 Å². The van der Waals surface area contributed by atoms with Crippen LogP contribution in [0.3, 0.4) is 0 Å². The van der Waals surface area contributed by atoms with E-state index in [0.717, 1.165) is 18.4 Å². The largest absolute Gasteiger partial charge is 0.452 e. The van der Waals surface area contributed by atoms with E-state index in [9.17, 15) is 112 Å². The summed E-state index contributed by atoms with van der Waals surface area (Å²) in [4.78, 5) is 44.8. The van der Waals surface area contributed by atoms with E-state index < -0.39 is 324 Å². The average molecular weight is 1930 g/mol. The fourth-order valence-corrected chi connectivity index (χ4v) is 23.2. The number of hydrogen-bond acceptors (Lipinski definition) is 41. The van der Waals surface area contributed by atoms with Gasteiger partial charge in [-0.2, -0.15) is 0 Å². The van der Waals surface area contributed by atoms with Crippen LogP contribution in [0.4, 0.5) is 0 Å². The second kappa shape index (κ2) is 42.6. The van der Waals surface area contributed by atoms with Crippen LogP contribution in [-0.4, -0.2) is 398 Å². The molecule has 4 saturated carbocycles. The molecule has 46 atom stereocenters. The van der Waals surface area contributed by atoms with E-state index >= 15 is 4.79 Å². The predicted octanol–water partition coefficient (Wildman–Crippen LogP) is -1.70. The highest BCUT2D eigenvalue weighted by atomic mass is 16.8. The maximum absolute atomic E-state index is 16.2. The van der Waals surface area contributed by atoms with Crippen LogP contribution in [-0.2, 0) is 99.6 Å². The molecular weight excluding hydrogens is 1780 g/mol. The van der Waals surface area contributed by atoms with Crippen molar-refractivity contribution in [1.29, 1.82) is 0 Å². The molecule has 0 unspecified atom stereocenters. The summed E-state index contributed by atoms with van der Waals surface area (Å²) in [7, 11) is 0. The van der Waals surface area contributed by atoms with Gasteiger partial charge in [-0.25, -0.2) is 9.59 Å². The average Bonchev–Trinajstić information content (AvgIpc) is 0.672. The minimum absolute atomic E-state index is 0.000791. The van der Waals surface area contributed by atoms with E-state index in [0.29, 0.717) is 51.4 Å². The normalized spacial score (nSPS) is 48.3. The summed E-state index contributed by atoms with van der Waals surface area (Å²) in [6.07, 6.45) is -48.9. The van der Waals surface area contributed by atoms with Gasteiger partial charge in [0.15, 0.2) is 56.2 Å². The molecule has 12 fully saturated rings. The number of ether oxygens (including phenoxy) is 18. The topological polar surface area (TPSA) is 622 Å². The number of aliphatic hydroxyl groups excluding tert-OH is 18.